The molecule has 18 heavy (non-hydrogen) atoms. The predicted octanol–water partition coefficient (Wildman–Crippen LogP) is 4.04. The fourth-order valence-electron chi connectivity index (χ4n) is 2.65. The molecule has 3 heteroatoms. The van der Waals surface area contributed by atoms with Gasteiger partial charge in [0.15, 0.2) is 0 Å². The highest BCUT2D eigenvalue weighted by Gasteiger charge is 2.17. The van der Waals surface area contributed by atoms with E-state index in [0.717, 1.165) is 12.6 Å². The Morgan fingerprint density at radius 2 is 2.22 bits per heavy atom. The Balaban J connectivity index is 1.81. The molecule has 2 rings (SSSR count). The van der Waals surface area contributed by atoms with Crippen molar-refractivity contribution < 1.29 is 0 Å². The molecular formula is C15H23BrN2. The van der Waals surface area contributed by atoms with Crippen LogP contribution in [0.5, 0.6) is 0 Å². The minimum atomic E-state index is 0.760. The summed E-state index contributed by atoms with van der Waals surface area (Å²) in [6, 6.07) is 7.23. The summed E-state index contributed by atoms with van der Waals surface area (Å²) < 4.78 is 1.17. The maximum Gasteiger partial charge on any atom is 0.0484 e. The van der Waals surface area contributed by atoms with Gasteiger partial charge in [-0.25, -0.2) is 0 Å². The lowest BCUT2D eigenvalue weighted by Gasteiger charge is -2.32. The third kappa shape index (κ3) is 3.72. The van der Waals surface area contributed by atoms with Crippen molar-refractivity contribution in [1.82, 2.24) is 4.90 Å². The standard InChI is InChI=1S/C15H23BrN2/c1-12-6-7-15(14(16)11-12)17-9-8-13-5-3-4-10-18(13)2/h6-7,11,13,17H,3-5,8-10H2,1-2H3. The number of nitrogens with zero attached hydrogens (tertiary/aromatic N) is 1. The van der Waals surface area contributed by atoms with E-state index in [0.29, 0.717) is 0 Å². The topological polar surface area (TPSA) is 15.3 Å². The minimum absolute atomic E-state index is 0.760. The molecule has 1 heterocycles. The molecule has 1 unspecified atom stereocenters. The summed E-state index contributed by atoms with van der Waals surface area (Å²) in [5, 5.41) is 3.53. The van der Waals surface area contributed by atoms with Crippen LogP contribution in [0.15, 0.2) is 22.7 Å². The predicted molar refractivity (Wildman–Crippen MR) is 82.3 cm³/mol. The van der Waals surface area contributed by atoms with Gasteiger partial charge in [0.05, 0.1) is 0 Å². The average molecular weight is 311 g/mol. The number of nitrogens with one attached hydrogen (secondary N) is 1. The molecule has 100 valence electrons. The minimum Gasteiger partial charge on any atom is -0.384 e. The number of aryl methyl sites for hydroxylation is 1. The van der Waals surface area contributed by atoms with Crippen LogP contribution in [0.1, 0.15) is 31.2 Å². The van der Waals surface area contributed by atoms with Crippen molar-refractivity contribution in [2.45, 2.75) is 38.6 Å². The van der Waals surface area contributed by atoms with Gasteiger partial charge in [-0.2, -0.15) is 0 Å². The van der Waals surface area contributed by atoms with Crippen LogP contribution in [0.25, 0.3) is 0 Å². The fraction of sp³-hybridized carbons (Fsp3) is 0.600. The second kappa shape index (κ2) is 6.58. The molecule has 0 radical (unpaired) electrons. The second-order valence-corrected chi connectivity index (χ2v) is 6.18. The van der Waals surface area contributed by atoms with Gasteiger partial charge in [-0.3, -0.25) is 0 Å². The number of rotatable bonds is 4. The van der Waals surface area contributed by atoms with Crippen molar-refractivity contribution in [3.05, 3.63) is 28.2 Å². The molecule has 1 aliphatic heterocycles. The van der Waals surface area contributed by atoms with Gasteiger partial charge in [0.25, 0.3) is 0 Å². The van der Waals surface area contributed by atoms with Gasteiger partial charge in [0.2, 0.25) is 0 Å². The molecule has 1 aromatic rings. The second-order valence-electron chi connectivity index (χ2n) is 5.33. The Morgan fingerprint density at radius 3 is 2.94 bits per heavy atom. The van der Waals surface area contributed by atoms with Crippen molar-refractivity contribution in [3.63, 3.8) is 0 Å². The molecule has 1 saturated heterocycles. The van der Waals surface area contributed by atoms with Gasteiger partial charge in [0, 0.05) is 22.7 Å². The summed E-state index contributed by atoms with van der Waals surface area (Å²) in [5.41, 5.74) is 2.50. The molecule has 0 spiro atoms. The highest BCUT2D eigenvalue weighted by atomic mass is 79.9. The average Bonchev–Trinajstić information content (AvgIpc) is 2.34. The van der Waals surface area contributed by atoms with E-state index in [1.807, 2.05) is 0 Å². The van der Waals surface area contributed by atoms with Crippen LogP contribution in [0.2, 0.25) is 0 Å². The number of anilines is 1. The number of benzene rings is 1. The molecule has 0 saturated carbocycles. The Hall–Kier alpha value is -0.540. The first-order valence-corrected chi connectivity index (χ1v) is 7.66. The zero-order valence-electron chi connectivity index (χ0n) is 11.4. The van der Waals surface area contributed by atoms with Crippen LogP contribution in [-0.2, 0) is 0 Å². The highest BCUT2D eigenvalue weighted by molar-refractivity contribution is 9.10. The molecule has 0 bridgehead atoms. The van der Waals surface area contributed by atoms with Crippen molar-refractivity contribution in [2.24, 2.45) is 0 Å². The van der Waals surface area contributed by atoms with Crippen LogP contribution < -0.4 is 5.32 Å². The summed E-state index contributed by atoms with van der Waals surface area (Å²) in [6.07, 6.45) is 5.34. The molecular weight excluding hydrogens is 288 g/mol. The maximum absolute atomic E-state index is 3.61. The quantitative estimate of drug-likeness (QED) is 0.902. The number of piperidine rings is 1. The number of likely N-dealkylation sites (tertiary alicyclic amines) is 1. The van der Waals surface area contributed by atoms with Crippen molar-refractivity contribution in [2.75, 3.05) is 25.5 Å². The summed E-state index contributed by atoms with van der Waals surface area (Å²) in [5.74, 6) is 0. The molecule has 1 fully saturated rings. The van der Waals surface area contributed by atoms with Gasteiger partial charge in [-0.15, -0.1) is 0 Å². The van der Waals surface area contributed by atoms with E-state index in [9.17, 15) is 0 Å². The lowest BCUT2D eigenvalue weighted by molar-refractivity contribution is 0.179. The first-order valence-electron chi connectivity index (χ1n) is 6.87. The molecule has 2 nitrogen and oxygen atoms in total. The third-order valence-corrected chi connectivity index (χ3v) is 4.50. The van der Waals surface area contributed by atoms with Crippen LogP contribution in [0.4, 0.5) is 5.69 Å². The normalized spacial score (nSPS) is 20.9. The zero-order chi connectivity index (χ0) is 13.0. The zero-order valence-corrected chi connectivity index (χ0v) is 13.0. The van der Waals surface area contributed by atoms with E-state index in [1.54, 1.807) is 0 Å². The molecule has 0 amide bonds. The van der Waals surface area contributed by atoms with E-state index in [2.05, 4.69) is 58.3 Å². The van der Waals surface area contributed by atoms with Crippen LogP contribution in [0.3, 0.4) is 0 Å². The molecule has 1 atom stereocenters. The lowest BCUT2D eigenvalue weighted by Crippen LogP contribution is -2.37. The fourth-order valence-corrected chi connectivity index (χ4v) is 3.28. The van der Waals surface area contributed by atoms with E-state index in [1.165, 1.54) is 48.0 Å². The van der Waals surface area contributed by atoms with Gasteiger partial charge in [0.1, 0.15) is 0 Å². The number of hydrogen-bond acceptors (Lipinski definition) is 2. The van der Waals surface area contributed by atoms with Crippen LogP contribution in [0, 0.1) is 6.92 Å². The number of halogens is 1. The number of hydrogen-bond donors (Lipinski definition) is 1. The van der Waals surface area contributed by atoms with Crippen molar-refractivity contribution in [1.29, 1.82) is 0 Å². The molecule has 1 N–H and O–H groups in total. The van der Waals surface area contributed by atoms with E-state index < -0.39 is 0 Å². The summed E-state index contributed by atoms with van der Waals surface area (Å²) in [7, 11) is 2.26. The largest absolute Gasteiger partial charge is 0.384 e. The Labute approximate surface area is 119 Å². The highest BCUT2D eigenvalue weighted by Crippen LogP contribution is 2.24. The first-order chi connectivity index (χ1) is 8.66. The first kappa shape index (κ1) is 13.9. The third-order valence-electron chi connectivity index (χ3n) is 3.84. The van der Waals surface area contributed by atoms with Gasteiger partial charge in [-0.1, -0.05) is 12.5 Å². The molecule has 0 aliphatic carbocycles. The van der Waals surface area contributed by atoms with Crippen LogP contribution >= 0.6 is 15.9 Å². The Morgan fingerprint density at radius 1 is 1.39 bits per heavy atom. The Kier molecular flexibility index (Phi) is 5.07. The van der Waals surface area contributed by atoms with E-state index in [4.69, 9.17) is 0 Å². The van der Waals surface area contributed by atoms with Crippen LogP contribution in [-0.4, -0.2) is 31.1 Å². The van der Waals surface area contributed by atoms with E-state index in [-0.39, 0.29) is 0 Å². The van der Waals surface area contributed by atoms with Gasteiger partial charge < -0.3 is 10.2 Å². The van der Waals surface area contributed by atoms with Gasteiger partial charge >= 0.3 is 0 Å². The van der Waals surface area contributed by atoms with Crippen molar-refractivity contribution >= 4 is 21.6 Å². The summed E-state index contributed by atoms with van der Waals surface area (Å²) in [6.45, 7) is 4.43. The summed E-state index contributed by atoms with van der Waals surface area (Å²) in [4.78, 5) is 2.51. The van der Waals surface area contributed by atoms with Gasteiger partial charge in [-0.05, 0) is 73.4 Å². The SMILES string of the molecule is Cc1ccc(NCCC2CCCCN2C)c(Br)c1. The smallest absolute Gasteiger partial charge is 0.0484 e. The Bertz CT molecular complexity index is 392. The molecule has 1 aliphatic rings. The molecule has 1 aromatic carbocycles. The van der Waals surface area contributed by atoms with E-state index >= 15 is 0 Å². The maximum atomic E-state index is 3.61. The lowest BCUT2D eigenvalue weighted by atomic mass is 10.0. The molecule has 0 aromatic heterocycles. The monoisotopic (exact) mass is 310 g/mol. The summed E-state index contributed by atoms with van der Waals surface area (Å²) >= 11 is 3.61. The van der Waals surface area contributed by atoms with Crippen molar-refractivity contribution in [3.8, 4) is 0 Å².